The first-order valence-corrected chi connectivity index (χ1v) is 12.5. The molecule has 5 aromatic rings. The topological polar surface area (TPSA) is 86.0 Å². The summed E-state index contributed by atoms with van der Waals surface area (Å²) in [5.41, 5.74) is 2.87. The molecule has 0 atom stereocenters. The van der Waals surface area contributed by atoms with Gasteiger partial charge in [-0.3, -0.25) is 9.59 Å². The maximum Gasteiger partial charge on any atom is 0.291 e. The molecule has 0 fully saturated rings. The lowest BCUT2D eigenvalue weighted by atomic mass is 10.1. The van der Waals surface area contributed by atoms with E-state index in [0.717, 1.165) is 22.6 Å². The number of halogens is 1. The van der Waals surface area contributed by atoms with Gasteiger partial charge >= 0.3 is 0 Å². The average Bonchev–Trinajstić information content (AvgIpc) is 3.55. The zero-order valence-corrected chi connectivity index (χ0v) is 21.3. The van der Waals surface area contributed by atoms with Gasteiger partial charge in [-0.25, -0.2) is 0 Å². The smallest absolute Gasteiger partial charge is 0.291 e. The predicted molar refractivity (Wildman–Crippen MR) is 142 cm³/mol. The lowest BCUT2D eigenvalue weighted by Gasteiger charge is -2.17. The monoisotopic (exact) mass is 530 g/mol. The Hall–Kier alpha value is -4.21. The first-order chi connectivity index (χ1) is 18.0. The molecule has 0 aliphatic carbocycles. The van der Waals surface area contributed by atoms with Crippen molar-refractivity contribution in [1.29, 1.82) is 0 Å². The molecule has 0 N–H and O–H groups in total. The molecule has 8 nitrogen and oxygen atoms in total. The average molecular weight is 531 g/mol. The van der Waals surface area contributed by atoms with Crippen LogP contribution < -0.4 is 24.5 Å². The third-order valence-electron chi connectivity index (χ3n) is 6.24. The molecule has 0 unspecified atom stereocenters. The SMILES string of the molecule is COc1ccc(-c2nc3s/c(=C4\C(=O)N(Cc5ccccc5Cl)c5ccccc54)c(=O)n3n2)cc1OC. The van der Waals surface area contributed by atoms with Gasteiger partial charge in [0.2, 0.25) is 4.96 Å². The number of amides is 1. The van der Waals surface area contributed by atoms with Crippen LogP contribution >= 0.6 is 22.9 Å². The molecular formula is C27H19ClN4O4S. The Bertz CT molecular complexity index is 1810. The van der Waals surface area contributed by atoms with Crippen molar-refractivity contribution in [1.82, 2.24) is 14.6 Å². The van der Waals surface area contributed by atoms with Gasteiger partial charge < -0.3 is 14.4 Å². The Balaban J connectivity index is 1.47. The Morgan fingerprint density at radius 3 is 2.46 bits per heavy atom. The quantitative estimate of drug-likeness (QED) is 0.342. The molecule has 2 aromatic heterocycles. The lowest BCUT2D eigenvalue weighted by molar-refractivity contribution is -0.113. The minimum Gasteiger partial charge on any atom is -0.493 e. The standard InChI is InChI=1S/C27H19ClN4O4S/c1-35-20-12-11-15(13-21(20)36-2)24-29-27-32(30-24)26(34)23(37-27)22-17-8-4-6-10-19(17)31(25(22)33)14-16-7-3-5-9-18(16)28/h3-13H,14H2,1-2H3/b23-22-. The highest BCUT2D eigenvalue weighted by Gasteiger charge is 2.34. The van der Waals surface area contributed by atoms with Gasteiger partial charge in [0, 0.05) is 16.1 Å². The van der Waals surface area contributed by atoms with Gasteiger partial charge in [-0.2, -0.15) is 9.50 Å². The van der Waals surface area contributed by atoms with E-state index in [2.05, 4.69) is 10.1 Å². The van der Waals surface area contributed by atoms with Crippen molar-refractivity contribution < 1.29 is 14.3 Å². The van der Waals surface area contributed by atoms with Crippen molar-refractivity contribution in [2.75, 3.05) is 19.1 Å². The second-order valence-electron chi connectivity index (χ2n) is 8.31. The molecule has 0 radical (unpaired) electrons. The van der Waals surface area contributed by atoms with Crippen LogP contribution in [0.2, 0.25) is 5.02 Å². The van der Waals surface area contributed by atoms with Gasteiger partial charge in [-0.05, 0) is 35.9 Å². The summed E-state index contributed by atoms with van der Waals surface area (Å²) < 4.78 is 12.2. The third-order valence-corrected chi connectivity index (χ3v) is 7.63. The van der Waals surface area contributed by atoms with Gasteiger partial charge in [0.15, 0.2) is 17.3 Å². The maximum atomic E-state index is 13.7. The molecule has 0 saturated heterocycles. The van der Waals surface area contributed by atoms with E-state index in [9.17, 15) is 9.59 Å². The van der Waals surface area contributed by atoms with Crippen LogP contribution in [-0.4, -0.2) is 34.7 Å². The lowest BCUT2D eigenvalue weighted by Crippen LogP contribution is -2.32. The molecule has 6 rings (SSSR count). The summed E-state index contributed by atoms with van der Waals surface area (Å²) >= 11 is 7.51. The van der Waals surface area contributed by atoms with Gasteiger partial charge in [-0.1, -0.05) is 59.3 Å². The van der Waals surface area contributed by atoms with E-state index in [0.29, 0.717) is 48.5 Å². The number of fused-ring (bicyclic) bond motifs is 2. The van der Waals surface area contributed by atoms with Crippen molar-refractivity contribution in [2.24, 2.45) is 0 Å². The van der Waals surface area contributed by atoms with Crippen molar-refractivity contribution in [2.45, 2.75) is 6.54 Å². The number of nitrogens with zero attached hydrogens (tertiary/aromatic N) is 4. The van der Waals surface area contributed by atoms with Gasteiger partial charge in [-0.15, -0.1) is 5.10 Å². The molecule has 0 saturated carbocycles. The third kappa shape index (κ3) is 3.75. The van der Waals surface area contributed by atoms with E-state index < -0.39 is 5.56 Å². The van der Waals surface area contributed by atoms with Crippen molar-refractivity contribution in [3.8, 4) is 22.9 Å². The minimum atomic E-state index is -0.392. The summed E-state index contributed by atoms with van der Waals surface area (Å²) in [5, 5.41) is 5.01. The summed E-state index contributed by atoms with van der Waals surface area (Å²) in [6.07, 6.45) is 0. The van der Waals surface area contributed by atoms with E-state index in [-0.39, 0.29) is 12.5 Å². The molecule has 3 heterocycles. The normalized spacial score (nSPS) is 14.4. The van der Waals surface area contributed by atoms with Crippen LogP contribution in [0.15, 0.2) is 71.5 Å². The van der Waals surface area contributed by atoms with Crippen LogP contribution in [0.5, 0.6) is 11.5 Å². The summed E-state index contributed by atoms with van der Waals surface area (Å²) in [7, 11) is 3.11. The number of rotatable bonds is 5. The number of thiazole rings is 1. The van der Waals surface area contributed by atoms with Gasteiger partial charge in [0.05, 0.1) is 32.0 Å². The molecule has 37 heavy (non-hydrogen) atoms. The number of methoxy groups -OCH3 is 2. The van der Waals surface area contributed by atoms with Crippen molar-refractivity contribution >= 4 is 45.1 Å². The van der Waals surface area contributed by atoms with E-state index in [1.165, 1.54) is 4.52 Å². The summed E-state index contributed by atoms with van der Waals surface area (Å²) in [5.74, 6) is 1.22. The fourth-order valence-electron chi connectivity index (χ4n) is 4.44. The fourth-order valence-corrected chi connectivity index (χ4v) is 5.63. The van der Waals surface area contributed by atoms with E-state index in [4.69, 9.17) is 21.1 Å². The first kappa shape index (κ1) is 23.2. The summed E-state index contributed by atoms with van der Waals surface area (Å²) in [4.78, 5) is 33.8. The molecule has 184 valence electrons. The number of aromatic nitrogens is 3. The maximum absolute atomic E-state index is 13.7. The van der Waals surface area contributed by atoms with Crippen LogP contribution in [0.1, 0.15) is 11.1 Å². The van der Waals surface area contributed by atoms with Crippen LogP contribution in [0.3, 0.4) is 0 Å². The first-order valence-electron chi connectivity index (χ1n) is 11.3. The molecule has 0 bridgehead atoms. The molecule has 0 spiro atoms. The second-order valence-corrected chi connectivity index (χ2v) is 9.70. The molecule has 1 aliphatic rings. The van der Waals surface area contributed by atoms with Crippen molar-refractivity contribution in [3.05, 3.63) is 97.8 Å². The van der Waals surface area contributed by atoms with E-state index >= 15 is 0 Å². The molecule has 10 heteroatoms. The number of benzene rings is 3. The number of hydrogen-bond acceptors (Lipinski definition) is 7. The van der Waals surface area contributed by atoms with Gasteiger partial charge in [0.25, 0.3) is 11.5 Å². The molecular weight excluding hydrogens is 512 g/mol. The minimum absolute atomic E-state index is 0.261. The molecule has 1 aliphatic heterocycles. The Morgan fingerprint density at radius 2 is 1.70 bits per heavy atom. The van der Waals surface area contributed by atoms with Crippen LogP contribution in [0.4, 0.5) is 5.69 Å². The number of carbonyl (C=O) groups excluding carboxylic acids is 1. The Kier molecular flexibility index (Phi) is 5.66. The zero-order valence-electron chi connectivity index (χ0n) is 19.8. The largest absolute Gasteiger partial charge is 0.493 e. The molecule has 3 aromatic carbocycles. The summed E-state index contributed by atoms with van der Waals surface area (Å²) in [6.45, 7) is 0.289. The number of hydrogen-bond donors (Lipinski definition) is 0. The second kappa shape index (κ2) is 9.02. The van der Waals surface area contributed by atoms with E-state index in [1.54, 1.807) is 43.4 Å². The highest BCUT2D eigenvalue weighted by molar-refractivity contribution is 7.15. The number of carbonyl (C=O) groups is 1. The highest BCUT2D eigenvalue weighted by atomic mass is 35.5. The van der Waals surface area contributed by atoms with Crippen LogP contribution in [0.25, 0.3) is 21.9 Å². The predicted octanol–water partition coefficient (Wildman–Crippen LogP) is 3.95. The van der Waals surface area contributed by atoms with Crippen LogP contribution in [-0.2, 0) is 11.3 Å². The van der Waals surface area contributed by atoms with E-state index in [1.807, 2.05) is 42.5 Å². The number of para-hydroxylation sites is 1. The Morgan fingerprint density at radius 1 is 0.946 bits per heavy atom. The zero-order chi connectivity index (χ0) is 25.7. The Labute approximate surface area is 220 Å². The van der Waals surface area contributed by atoms with Gasteiger partial charge in [0.1, 0.15) is 4.53 Å². The molecule has 1 amide bonds. The fraction of sp³-hybridized carbons (Fsp3) is 0.111. The number of anilines is 1. The summed E-state index contributed by atoms with van der Waals surface area (Å²) in [6, 6.07) is 20.1. The number of ether oxygens (including phenoxy) is 2. The van der Waals surface area contributed by atoms with Crippen LogP contribution in [0, 0.1) is 0 Å². The highest BCUT2D eigenvalue weighted by Crippen LogP contribution is 2.37. The van der Waals surface area contributed by atoms with Crippen molar-refractivity contribution in [3.63, 3.8) is 0 Å².